The number of nitrogens with zero attached hydrogens (tertiary/aromatic N) is 3. The molecular formula is C22H18FN5O. The van der Waals surface area contributed by atoms with Crippen molar-refractivity contribution in [1.82, 2.24) is 20.2 Å². The lowest BCUT2D eigenvalue weighted by atomic mass is 10.0. The van der Waals surface area contributed by atoms with Gasteiger partial charge in [-0.1, -0.05) is 6.07 Å². The van der Waals surface area contributed by atoms with Crippen molar-refractivity contribution >= 4 is 16.8 Å². The van der Waals surface area contributed by atoms with Crippen LogP contribution in [0.3, 0.4) is 0 Å². The largest absolute Gasteiger partial charge is 0.339 e. The van der Waals surface area contributed by atoms with Gasteiger partial charge in [0.05, 0.1) is 11.3 Å². The van der Waals surface area contributed by atoms with Crippen LogP contribution in [0.25, 0.3) is 22.3 Å². The summed E-state index contributed by atoms with van der Waals surface area (Å²) in [6, 6.07) is 8.89. The summed E-state index contributed by atoms with van der Waals surface area (Å²) in [4.78, 5) is 20.0. The number of rotatable bonds is 4. The highest BCUT2D eigenvalue weighted by molar-refractivity contribution is 5.97. The summed E-state index contributed by atoms with van der Waals surface area (Å²) in [5.41, 5.74) is 4.94. The van der Waals surface area contributed by atoms with Gasteiger partial charge in [0.1, 0.15) is 17.4 Å². The zero-order valence-corrected chi connectivity index (χ0v) is 16.2. The molecule has 3 aromatic heterocycles. The summed E-state index contributed by atoms with van der Waals surface area (Å²) in [5, 5.41) is 16.9. The number of carbonyl (C=O) groups excluding carboxylic acids is 1. The van der Waals surface area contributed by atoms with Crippen molar-refractivity contribution in [2.45, 2.75) is 27.2 Å². The number of Topliss-reactive ketones (excluding diaryl/α,β-unsaturated/α-hetero) is 1. The van der Waals surface area contributed by atoms with Crippen molar-refractivity contribution in [3.8, 4) is 17.3 Å². The number of pyridine rings is 1. The van der Waals surface area contributed by atoms with Crippen LogP contribution in [-0.4, -0.2) is 25.9 Å². The highest BCUT2D eigenvalue weighted by atomic mass is 19.1. The van der Waals surface area contributed by atoms with Crippen LogP contribution in [0.1, 0.15) is 38.4 Å². The second-order valence-corrected chi connectivity index (χ2v) is 7.12. The van der Waals surface area contributed by atoms with Gasteiger partial charge in [-0.05, 0) is 50.1 Å². The summed E-state index contributed by atoms with van der Waals surface area (Å²) >= 11 is 0. The SMILES string of the molecule is Cc1ccc(-c2cc3cc(CC(=O)c4n[nH]c(C)c4C)cnc3[nH]2)c(F)c1C#N. The van der Waals surface area contributed by atoms with Crippen molar-refractivity contribution in [1.29, 1.82) is 5.26 Å². The molecule has 1 aromatic carbocycles. The molecule has 6 nitrogen and oxygen atoms in total. The maximum absolute atomic E-state index is 14.7. The van der Waals surface area contributed by atoms with E-state index >= 15 is 0 Å². The molecule has 2 N–H and O–H groups in total. The fourth-order valence-electron chi connectivity index (χ4n) is 3.35. The molecule has 0 saturated heterocycles. The third-order valence-electron chi connectivity index (χ3n) is 5.16. The Bertz CT molecular complexity index is 1310. The molecule has 29 heavy (non-hydrogen) atoms. The summed E-state index contributed by atoms with van der Waals surface area (Å²) in [7, 11) is 0. The summed E-state index contributed by atoms with van der Waals surface area (Å²) < 4.78 is 14.7. The van der Waals surface area contributed by atoms with Gasteiger partial charge in [-0.25, -0.2) is 9.37 Å². The Morgan fingerprint density at radius 3 is 2.72 bits per heavy atom. The summed E-state index contributed by atoms with van der Waals surface area (Å²) in [6.07, 6.45) is 1.80. The maximum Gasteiger partial charge on any atom is 0.187 e. The van der Waals surface area contributed by atoms with Crippen LogP contribution in [-0.2, 0) is 6.42 Å². The van der Waals surface area contributed by atoms with Gasteiger partial charge in [0, 0.05) is 34.8 Å². The highest BCUT2D eigenvalue weighted by Crippen LogP contribution is 2.29. The first-order chi connectivity index (χ1) is 13.9. The zero-order chi connectivity index (χ0) is 20.7. The second-order valence-electron chi connectivity index (χ2n) is 7.12. The third-order valence-corrected chi connectivity index (χ3v) is 5.16. The molecule has 0 amide bonds. The first-order valence-electron chi connectivity index (χ1n) is 9.11. The van der Waals surface area contributed by atoms with Crippen molar-refractivity contribution < 1.29 is 9.18 Å². The zero-order valence-electron chi connectivity index (χ0n) is 16.2. The molecule has 4 aromatic rings. The van der Waals surface area contributed by atoms with E-state index in [0.717, 1.165) is 22.2 Å². The maximum atomic E-state index is 14.7. The smallest absolute Gasteiger partial charge is 0.187 e. The van der Waals surface area contributed by atoms with Gasteiger partial charge in [-0.2, -0.15) is 10.4 Å². The Labute approximate surface area is 166 Å². The predicted octanol–water partition coefficient (Wildman–Crippen LogP) is 4.31. The van der Waals surface area contributed by atoms with Crippen molar-refractivity contribution in [3.05, 3.63) is 69.9 Å². The molecule has 0 fully saturated rings. The first kappa shape index (κ1) is 18.6. The number of aromatic amines is 2. The van der Waals surface area contributed by atoms with Crippen LogP contribution in [0.15, 0.2) is 30.5 Å². The quantitative estimate of drug-likeness (QED) is 0.510. The van der Waals surface area contributed by atoms with E-state index in [1.807, 2.05) is 26.0 Å². The lowest BCUT2D eigenvalue weighted by Crippen LogP contribution is -2.06. The van der Waals surface area contributed by atoms with Gasteiger partial charge in [0.2, 0.25) is 0 Å². The van der Waals surface area contributed by atoms with Crippen molar-refractivity contribution in [2.75, 3.05) is 0 Å². The predicted molar refractivity (Wildman–Crippen MR) is 107 cm³/mol. The second kappa shape index (κ2) is 6.99. The minimum atomic E-state index is -0.557. The molecule has 0 aliphatic carbocycles. The van der Waals surface area contributed by atoms with E-state index in [1.54, 1.807) is 31.3 Å². The number of aryl methyl sites for hydroxylation is 2. The minimum absolute atomic E-state index is 0.0325. The van der Waals surface area contributed by atoms with Gasteiger partial charge in [-0.15, -0.1) is 0 Å². The Kier molecular flexibility index (Phi) is 4.47. The monoisotopic (exact) mass is 387 g/mol. The first-order valence-corrected chi connectivity index (χ1v) is 9.11. The lowest BCUT2D eigenvalue weighted by Gasteiger charge is -2.04. The van der Waals surface area contributed by atoms with Crippen molar-refractivity contribution in [2.24, 2.45) is 0 Å². The number of benzene rings is 1. The van der Waals surface area contributed by atoms with Gasteiger partial charge < -0.3 is 4.98 Å². The number of aromatic nitrogens is 4. The van der Waals surface area contributed by atoms with E-state index in [4.69, 9.17) is 0 Å². The molecule has 0 radical (unpaired) electrons. The molecule has 0 bridgehead atoms. The Hall–Kier alpha value is -3.79. The number of hydrogen-bond acceptors (Lipinski definition) is 4. The average molecular weight is 387 g/mol. The van der Waals surface area contributed by atoms with E-state index in [0.29, 0.717) is 28.2 Å². The van der Waals surface area contributed by atoms with E-state index in [9.17, 15) is 14.4 Å². The lowest BCUT2D eigenvalue weighted by molar-refractivity contribution is 0.0987. The third kappa shape index (κ3) is 3.19. The normalized spacial score (nSPS) is 11.0. The highest BCUT2D eigenvalue weighted by Gasteiger charge is 2.17. The molecule has 0 unspecified atom stereocenters. The number of halogens is 1. The molecule has 0 atom stereocenters. The molecular weight excluding hydrogens is 369 g/mol. The number of fused-ring (bicyclic) bond motifs is 1. The summed E-state index contributed by atoms with van der Waals surface area (Å²) in [6.45, 7) is 5.43. The van der Waals surface area contributed by atoms with Gasteiger partial charge >= 0.3 is 0 Å². The van der Waals surface area contributed by atoms with Crippen molar-refractivity contribution in [3.63, 3.8) is 0 Å². The molecule has 3 heterocycles. The molecule has 144 valence electrons. The number of ketones is 1. The van der Waals surface area contributed by atoms with Gasteiger partial charge in [-0.3, -0.25) is 9.89 Å². The number of nitriles is 1. The fourth-order valence-corrected chi connectivity index (χ4v) is 3.35. The van der Waals surface area contributed by atoms with Gasteiger partial charge in [0.25, 0.3) is 0 Å². The number of nitrogens with one attached hydrogen (secondary N) is 2. The molecule has 4 rings (SSSR count). The summed E-state index contributed by atoms with van der Waals surface area (Å²) in [5.74, 6) is -0.647. The standard InChI is InChI=1S/C22H18FN5O/c1-11-4-5-16(20(23)17(11)9-24)18-8-15-6-14(10-25-22(15)26-18)7-19(29)21-12(2)13(3)27-28-21/h4-6,8,10H,7H2,1-3H3,(H,25,26)(H,27,28). The van der Waals surface area contributed by atoms with Crippen LogP contribution in [0.2, 0.25) is 0 Å². The molecule has 0 spiro atoms. The number of H-pyrrole nitrogens is 2. The Morgan fingerprint density at radius 1 is 1.24 bits per heavy atom. The van der Waals surface area contributed by atoms with Crippen LogP contribution >= 0.6 is 0 Å². The van der Waals surface area contributed by atoms with Gasteiger partial charge in [0.15, 0.2) is 11.6 Å². The molecule has 0 aliphatic heterocycles. The Morgan fingerprint density at radius 2 is 2.03 bits per heavy atom. The van der Waals surface area contributed by atoms with E-state index < -0.39 is 5.82 Å². The fraction of sp³-hybridized carbons (Fsp3) is 0.182. The van der Waals surface area contributed by atoms with E-state index in [2.05, 4.69) is 20.2 Å². The van der Waals surface area contributed by atoms with Crippen LogP contribution < -0.4 is 0 Å². The van der Waals surface area contributed by atoms with E-state index in [1.165, 1.54) is 0 Å². The topological polar surface area (TPSA) is 98.2 Å². The van der Waals surface area contributed by atoms with Crippen LogP contribution in [0.4, 0.5) is 4.39 Å². The van der Waals surface area contributed by atoms with Crippen LogP contribution in [0.5, 0.6) is 0 Å². The van der Waals surface area contributed by atoms with E-state index in [-0.39, 0.29) is 17.8 Å². The number of carbonyl (C=O) groups is 1. The van der Waals surface area contributed by atoms with Crippen LogP contribution in [0, 0.1) is 37.9 Å². The molecule has 0 saturated carbocycles. The average Bonchev–Trinajstić information content (AvgIpc) is 3.25. The Balaban J connectivity index is 1.68. The minimum Gasteiger partial charge on any atom is -0.339 e. The molecule has 7 heteroatoms. The number of hydrogen-bond donors (Lipinski definition) is 2. The molecule has 0 aliphatic rings.